The highest BCUT2D eigenvalue weighted by Crippen LogP contribution is 2.35. The molecule has 3 heterocycles. The van der Waals surface area contributed by atoms with E-state index in [0.717, 1.165) is 46.6 Å². The van der Waals surface area contributed by atoms with Gasteiger partial charge in [-0.3, -0.25) is 9.69 Å². The summed E-state index contributed by atoms with van der Waals surface area (Å²) in [5.74, 6) is 2.63. The van der Waals surface area contributed by atoms with Gasteiger partial charge in [-0.1, -0.05) is 33.1 Å². The molecule has 1 aliphatic carbocycles. The summed E-state index contributed by atoms with van der Waals surface area (Å²) < 4.78 is 13.1. The van der Waals surface area contributed by atoms with Gasteiger partial charge >= 0.3 is 0 Å². The number of hydrogen-bond donors (Lipinski definition) is 1. The number of furan rings is 1. The van der Waals surface area contributed by atoms with E-state index in [2.05, 4.69) is 39.3 Å². The van der Waals surface area contributed by atoms with Crippen molar-refractivity contribution in [2.24, 2.45) is 5.92 Å². The zero-order chi connectivity index (χ0) is 25.8. The Morgan fingerprint density at radius 2 is 2.03 bits per heavy atom. The number of rotatable bonds is 10. The monoisotopic (exact) mass is 504 g/mol. The maximum Gasteiger partial charge on any atom is 0.252 e. The van der Waals surface area contributed by atoms with E-state index in [4.69, 9.17) is 9.15 Å². The van der Waals surface area contributed by atoms with Crippen molar-refractivity contribution in [1.29, 1.82) is 0 Å². The predicted octanol–water partition coefficient (Wildman–Crippen LogP) is 5.09. The molecule has 1 aliphatic rings. The van der Waals surface area contributed by atoms with Gasteiger partial charge < -0.3 is 14.1 Å². The van der Waals surface area contributed by atoms with Crippen LogP contribution in [0.1, 0.15) is 76.1 Å². The second-order valence-electron chi connectivity index (χ2n) is 10.2. The Kier molecular flexibility index (Phi) is 7.69. The molecular weight excluding hydrogens is 468 g/mol. The summed E-state index contributed by atoms with van der Waals surface area (Å²) >= 11 is 0. The quantitative estimate of drug-likeness (QED) is 0.321. The number of aromatic amines is 1. The fraction of sp³-hybridized carbons (Fsp3) is 0.500. The lowest BCUT2D eigenvalue weighted by Crippen LogP contribution is -2.43. The molecule has 1 atom stereocenters. The Balaban J connectivity index is 1.53. The summed E-state index contributed by atoms with van der Waals surface area (Å²) in [6, 6.07) is 11.9. The molecule has 1 fully saturated rings. The van der Waals surface area contributed by atoms with E-state index in [0.29, 0.717) is 25.7 Å². The minimum Gasteiger partial charge on any atom is -0.494 e. The van der Waals surface area contributed by atoms with Crippen LogP contribution in [0.4, 0.5) is 0 Å². The van der Waals surface area contributed by atoms with Gasteiger partial charge in [0.2, 0.25) is 0 Å². The molecule has 1 N–H and O–H groups in total. The zero-order valence-corrected chi connectivity index (χ0v) is 21.9. The highest BCUT2D eigenvalue weighted by molar-refractivity contribution is 5.80. The normalized spacial score (nSPS) is 15.6. The van der Waals surface area contributed by atoms with Gasteiger partial charge in [-0.2, -0.15) is 0 Å². The van der Waals surface area contributed by atoms with Crippen molar-refractivity contribution >= 4 is 10.9 Å². The minimum atomic E-state index is -0.0600. The van der Waals surface area contributed by atoms with Crippen molar-refractivity contribution in [3.8, 4) is 5.75 Å². The summed E-state index contributed by atoms with van der Waals surface area (Å²) in [5, 5.41) is 13.8. The van der Waals surface area contributed by atoms with Gasteiger partial charge in [-0.05, 0) is 72.5 Å². The summed E-state index contributed by atoms with van der Waals surface area (Å²) in [5.41, 5.74) is 1.49. The molecule has 1 aromatic carbocycles. The first kappa shape index (κ1) is 25.2. The number of fused-ring (bicyclic) bond motifs is 1. The smallest absolute Gasteiger partial charge is 0.252 e. The van der Waals surface area contributed by atoms with Crippen molar-refractivity contribution in [2.75, 3.05) is 6.61 Å². The predicted molar refractivity (Wildman–Crippen MR) is 141 cm³/mol. The maximum absolute atomic E-state index is 13.2. The Bertz CT molecular complexity index is 1350. The Morgan fingerprint density at radius 3 is 2.76 bits per heavy atom. The minimum absolute atomic E-state index is 0.0575. The lowest BCUT2D eigenvalue weighted by Gasteiger charge is -2.41. The fourth-order valence-electron chi connectivity index (χ4n) is 5.58. The Morgan fingerprint density at radius 1 is 1.19 bits per heavy atom. The third-order valence-corrected chi connectivity index (χ3v) is 7.30. The number of aromatic nitrogens is 5. The van der Waals surface area contributed by atoms with Gasteiger partial charge in [-0.25, -0.2) is 4.68 Å². The fourth-order valence-corrected chi connectivity index (χ4v) is 5.58. The molecule has 0 bridgehead atoms. The first-order valence-corrected chi connectivity index (χ1v) is 13.4. The van der Waals surface area contributed by atoms with Crippen LogP contribution in [-0.4, -0.2) is 42.7 Å². The highest BCUT2D eigenvalue weighted by Gasteiger charge is 2.35. The summed E-state index contributed by atoms with van der Waals surface area (Å²) in [6.07, 6.45) is 7.50. The van der Waals surface area contributed by atoms with E-state index in [-0.39, 0.29) is 17.5 Å². The van der Waals surface area contributed by atoms with Crippen molar-refractivity contribution in [3.63, 3.8) is 0 Å². The average molecular weight is 505 g/mol. The van der Waals surface area contributed by atoms with Gasteiger partial charge in [0.25, 0.3) is 5.56 Å². The number of nitrogens with zero attached hydrogens (tertiary/aromatic N) is 5. The number of ether oxygens (including phenoxy) is 1. The van der Waals surface area contributed by atoms with E-state index in [9.17, 15) is 4.79 Å². The van der Waals surface area contributed by atoms with Crippen LogP contribution in [0.2, 0.25) is 0 Å². The van der Waals surface area contributed by atoms with Crippen LogP contribution in [0.5, 0.6) is 5.75 Å². The molecule has 9 heteroatoms. The largest absolute Gasteiger partial charge is 0.494 e. The Hall–Kier alpha value is -3.46. The number of tetrazole rings is 1. The molecule has 0 radical (unpaired) electrons. The summed E-state index contributed by atoms with van der Waals surface area (Å²) in [7, 11) is 0. The number of benzene rings is 1. The standard InChI is InChI=1S/C28H36N6O3/c1-4-36-23-12-13-25-20(16-23)15-21(28(35)29-25)17-33(22-9-6-5-7-10-22)26(19(2)3)27-30-31-32-34(27)18-24-11-8-14-37-24/h8,11-16,19,22,26H,4-7,9-10,17-18H2,1-3H3,(H,29,35)/t26-/m0/s1. The molecule has 4 aromatic rings. The summed E-state index contributed by atoms with van der Waals surface area (Å²) in [4.78, 5) is 18.8. The van der Waals surface area contributed by atoms with Crippen LogP contribution in [0, 0.1) is 5.92 Å². The molecule has 0 amide bonds. The molecule has 0 saturated heterocycles. The topological polar surface area (TPSA) is 102 Å². The van der Waals surface area contributed by atoms with E-state index < -0.39 is 0 Å². The van der Waals surface area contributed by atoms with Crippen LogP contribution < -0.4 is 10.3 Å². The second kappa shape index (κ2) is 11.3. The number of hydrogen-bond acceptors (Lipinski definition) is 7. The molecule has 3 aromatic heterocycles. The molecule has 0 spiro atoms. The van der Waals surface area contributed by atoms with Crippen molar-refractivity contribution in [1.82, 2.24) is 30.1 Å². The number of pyridine rings is 1. The van der Waals surface area contributed by atoms with Gasteiger partial charge in [0.15, 0.2) is 5.82 Å². The van der Waals surface area contributed by atoms with E-state index >= 15 is 0 Å². The van der Waals surface area contributed by atoms with Crippen molar-refractivity contribution < 1.29 is 9.15 Å². The SMILES string of the molecule is CCOc1ccc2[nH]c(=O)c(CN(C3CCCCC3)[C@H](c3nnnn3Cc3ccco3)C(C)C)cc2c1. The number of H-pyrrole nitrogens is 1. The molecule has 0 unspecified atom stereocenters. The first-order chi connectivity index (χ1) is 18.0. The first-order valence-electron chi connectivity index (χ1n) is 13.4. The van der Waals surface area contributed by atoms with Crippen LogP contribution in [-0.2, 0) is 13.1 Å². The lowest BCUT2D eigenvalue weighted by atomic mass is 9.90. The van der Waals surface area contributed by atoms with Gasteiger partial charge in [0, 0.05) is 29.1 Å². The third kappa shape index (κ3) is 5.61. The van der Waals surface area contributed by atoms with E-state index in [1.54, 1.807) is 6.26 Å². The molecule has 5 rings (SSSR count). The van der Waals surface area contributed by atoms with Crippen LogP contribution in [0.15, 0.2) is 51.9 Å². The van der Waals surface area contributed by atoms with Crippen LogP contribution >= 0.6 is 0 Å². The summed E-state index contributed by atoms with van der Waals surface area (Å²) in [6.45, 7) is 7.95. The third-order valence-electron chi connectivity index (χ3n) is 7.30. The molecule has 37 heavy (non-hydrogen) atoms. The Labute approximate surface area is 216 Å². The zero-order valence-electron chi connectivity index (χ0n) is 21.9. The molecule has 1 saturated carbocycles. The lowest BCUT2D eigenvalue weighted by molar-refractivity contribution is 0.0610. The van der Waals surface area contributed by atoms with Gasteiger partial charge in [-0.15, -0.1) is 5.10 Å². The number of nitrogens with one attached hydrogen (secondary N) is 1. The van der Waals surface area contributed by atoms with E-state index in [1.165, 1.54) is 19.3 Å². The average Bonchev–Trinajstić information content (AvgIpc) is 3.57. The van der Waals surface area contributed by atoms with Gasteiger partial charge in [0.05, 0.1) is 18.9 Å². The van der Waals surface area contributed by atoms with Gasteiger partial charge in [0.1, 0.15) is 18.1 Å². The molecule has 196 valence electrons. The maximum atomic E-state index is 13.2. The van der Waals surface area contributed by atoms with Crippen molar-refractivity contribution in [3.05, 3.63) is 70.2 Å². The molecule has 9 nitrogen and oxygen atoms in total. The molecule has 0 aliphatic heterocycles. The van der Waals surface area contributed by atoms with Crippen LogP contribution in [0.3, 0.4) is 0 Å². The van der Waals surface area contributed by atoms with Crippen molar-refractivity contribution in [2.45, 2.75) is 78.0 Å². The van der Waals surface area contributed by atoms with Crippen LogP contribution in [0.25, 0.3) is 10.9 Å². The second-order valence-corrected chi connectivity index (χ2v) is 10.2. The highest BCUT2D eigenvalue weighted by atomic mass is 16.5. The molecular formula is C28H36N6O3. The van der Waals surface area contributed by atoms with E-state index in [1.807, 2.05) is 48.0 Å².